The predicted molar refractivity (Wildman–Crippen MR) is 94.4 cm³/mol. The Balaban J connectivity index is 1.62. The first kappa shape index (κ1) is 16.4. The van der Waals surface area contributed by atoms with Crippen molar-refractivity contribution in [2.75, 3.05) is 26.7 Å². The number of hydrogen-bond donors (Lipinski definition) is 1. The zero-order valence-corrected chi connectivity index (χ0v) is 14.3. The Morgan fingerprint density at radius 3 is 2.65 bits per heavy atom. The molecule has 4 nitrogen and oxygen atoms in total. The number of likely N-dealkylation sites (tertiary alicyclic amines) is 1. The van der Waals surface area contributed by atoms with E-state index < -0.39 is 0 Å². The third-order valence-electron chi connectivity index (χ3n) is 4.31. The minimum atomic E-state index is 0.728. The van der Waals surface area contributed by atoms with Gasteiger partial charge in [0.05, 0.1) is 0 Å². The Morgan fingerprint density at radius 1 is 1.22 bits per heavy atom. The highest BCUT2D eigenvalue weighted by Crippen LogP contribution is 2.20. The van der Waals surface area contributed by atoms with Crippen LogP contribution in [0.1, 0.15) is 18.4 Å². The summed E-state index contributed by atoms with van der Waals surface area (Å²) in [5, 5.41) is 4.02. The standard InChI is InChI=1S/C18H23ClN4/c1-20-9-14-3-2-8-23(12-14)13-15-10-21-18(22-11-15)16-4-6-17(19)7-5-16/h4-7,10-11,14,20H,2-3,8-9,12-13H2,1H3/t14-/m0/s1. The third kappa shape index (κ3) is 4.50. The van der Waals surface area contributed by atoms with Gasteiger partial charge in [-0.3, -0.25) is 4.90 Å². The molecule has 1 aliphatic heterocycles. The van der Waals surface area contributed by atoms with E-state index in [1.807, 2.05) is 43.7 Å². The summed E-state index contributed by atoms with van der Waals surface area (Å²) >= 11 is 5.92. The first-order chi connectivity index (χ1) is 11.2. The number of benzene rings is 1. The van der Waals surface area contributed by atoms with E-state index in [-0.39, 0.29) is 0 Å². The zero-order valence-electron chi connectivity index (χ0n) is 13.5. The van der Waals surface area contributed by atoms with Crippen molar-refractivity contribution < 1.29 is 0 Å². The molecule has 1 aliphatic rings. The van der Waals surface area contributed by atoms with E-state index >= 15 is 0 Å². The van der Waals surface area contributed by atoms with E-state index in [2.05, 4.69) is 20.2 Å². The molecule has 1 fully saturated rings. The quantitative estimate of drug-likeness (QED) is 0.914. The van der Waals surface area contributed by atoms with Gasteiger partial charge in [-0.2, -0.15) is 0 Å². The number of piperidine rings is 1. The van der Waals surface area contributed by atoms with Gasteiger partial charge in [-0.1, -0.05) is 11.6 Å². The van der Waals surface area contributed by atoms with Crippen molar-refractivity contribution >= 4 is 11.6 Å². The lowest BCUT2D eigenvalue weighted by molar-refractivity contribution is 0.166. The molecule has 1 N–H and O–H groups in total. The first-order valence-corrected chi connectivity index (χ1v) is 8.56. The molecule has 0 spiro atoms. The maximum Gasteiger partial charge on any atom is 0.159 e. The summed E-state index contributed by atoms with van der Waals surface area (Å²) in [5.74, 6) is 1.50. The summed E-state index contributed by atoms with van der Waals surface area (Å²) in [6.07, 6.45) is 6.48. The average Bonchev–Trinajstić information content (AvgIpc) is 2.57. The van der Waals surface area contributed by atoms with Crippen LogP contribution in [0, 0.1) is 5.92 Å². The molecular formula is C18H23ClN4. The van der Waals surface area contributed by atoms with E-state index in [1.165, 1.54) is 24.9 Å². The van der Waals surface area contributed by atoms with Gasteiger partial charge in [0.15, 0.2) is 5.82 Å². The van der Waals surface area contributed by atoms with Gasteiger partial charge in [0, 0.05) is 41.6 Å². The summed E-state index contributed by atoms with van der Waals surface area (Å²) in [5.41, 5.74) is 2.17. The molecule has 0 unspecified atom stereocenters. The summed E-state index contributed by atoms with van der Waals surface area (Å²) in [4.78, 5) is 11.5. The van der Waals surface area contributed by atoms with Crippen LogP contribution in [0.5, 0.6) is 0 Å². The number of nitrogens with zero attached hydrogens (tertiary/aromatic N) is 3. The van der Waals surface area contributed by atoms with Crippen LogP contribution in [-0.4, -0.2) is 41.5 Å². The first-order valence-electron chi connectivity index (χ1n) is 8.18. The lowest BCUT2D eigenvalue weighted by Crippen LogP contribution is -2.38. The monoisotopic (exact) mass is 330 g/mol. The molecule has 1 aromatic carbocycles. The number of halogens is 1. The van der Waals surface area contributed by atoms with Gasteiger partial charge >= 0.3 is 0 Å². The van der Waals surface area contributed by atoms with E-state index in [1.54, 1.807) is 0 Å². The molecule has 2 heterocycles. The van der Waals surface area contributed by atoms with Crippen LogP contribution >= 0.6 is 11.6 Å². The topological polar surface area (TPSA) is 41.0 Å². The largest absolute Gasteiger partial charge is 0.319 e. The van der Waals surface area contributed by atoms with Crippen LogP contribution < -0.4 is 5.32 Å². The number of rotatable bonds is 5. The maximum absolute atomic E-state index is 5.92. The number of hydrogen-bond acceptors (Lipinski definition) is 4. The summed E-state index contributed by atoms with van der Waals surface area (Å²) in [7, 11) is 2.03. The molecule has 1 aromatic heterocycles. The molecular weight excluding hydrogens is 308 g/mol. The lowest BCUT2D eigenvalue weighted by atomic mass is 9.98. The second-order valence-electron chi connectivity index (χ2n) is 6.22. The summed E-state index contributed by atoms with van der Waals surface area (Å²) in [6, 6.07) is 7.63. The average molecular weight is 331 g/mol. The zero-order chi connectivity index (χ0) is 16.1. The maximum atomic E-state index is 5.92. The molecule has 23 heavy (non-hydrogen) atoms. The van der Waals surface area contributed by atoms with Crippen LogP contribution in [0.3, 0.4) is 0 Å². The molecule has 0 radical (unpaired) electrons. The minimum Gasteiger partial charge on any atom is -0.319 e. The fraction of sp³-hybridized carbons (Fsp3) is 0.444. The van der Waals surface area contributed by atoms with Crippen molar-refractivity contribution in [3.05, 3.63) is 47.2 Å². The molecule has 0 bridgehead atoms. The highest BCUT2D eigenvalue weighted by atomic mass is 35.5. The molecule has 0 saturated carbocycles. The van der Waals surface area contributed by atoms with Gasteiger partial charge in [-0.25, -0.2) is 9.97 Å². The van der Waals surface area contributed by atoms with Crippen molar-refractivity contribution in [2.24, 2.45) is 5.92 Å². The molecule has 122 valence electrons. The Hall–Kier alpha value is -1.49. The van der Waals surface area contributed by atoms with Gasteiger partial charge in [-0.15, -0.1) is 0 Å². The predicted octanol–water partition coefficient (Wildman–Crippen LogP) is 3.23. The van der Waals surface area contributed by atoms with Crippen LogP contribution in [0.4, 0.5) is 0 Å². The molecule has 2 aromatic rings. The van der Waals surface area contributed by atoms with Crippen LogP contribution in [0.2, 0.25) is 5.02 Å². The van der Waals surface area contributed by atoms with Gasteiger partial charge in [0.1, 0.15) is 0 Å². The Morgan fingerprint density at radius 2 is 1.96 bits per heavy atom. The van der Waals surface area contributed by atoms with Crippen molar-refractivity contribution in [2.45, 2.75) is 19.4 Å². The lowest BCUT2D eigenvalue weighted by Gasteiger charge is -2.32. The second kappa shape index (κ2) is 7.86. The fourth-order valence-corrected chi connectivity index (χ4v) is 3.32. The van der Waals surface area contributed by atoms with Crippen molar-refractivity contribution in [1.82, 2.24) is 20.2 Å². The summed E-state index contributed by atoms with van der Waals surface area (Å²) in [6.45, 7) is 4.35. The van der Waals surface area contributed by atoms with Crippen LogP contribution in [-0.2, 0) is 6.54 Å². The van der Waals surface area contributed by atoms with E-state index in [9.17, 15) is 0 Å². The smallest absolute Gasteiger partial charge is 0.159 e. The molecule has 1 atom stereocenters. The Bertz CT molecular complexity index is 610. The normalized spacial score (nSPS) is 19.0. The van der Waals surface area contributed by atoms with Gasteiger partial charge in [0.2, 0.25) is 0 Å². The third-order valence-corrected chi connectivity index (χ3v) is 4.56. The molecule has 5 heteroatoms. The van der Waals surface area contributed by atoms with Crippen molar-refractivity contribution in [3.63, 3.8) is 0 Å². The van der Waals surface area contributed by atoms with Gasteiger partial charge in [0.25, 0.3) is 0 Å². The Kier molecular flexibility index (Phi) is 5.60. The molecule has 0 amide bonds. The van der Waals surface area contributed by atoms with Gasteiger partial charge < -0.3 is 5.32 Å². The van der Waals surface area contributed by atoms with Crippen LogP contribution in [0.25, 0.3) is 11.4 Å². The molecule has 1 saturated heterocycles. The summed E-state index contributed by atoms with van der Waals surface area (Å²) < 4.78 is 0. The second-order valence-corrected chi connectivity index (χ2v) is 6.66. The van der Waals surface area contributed by atoms with E-state index in [0.29, 0.717) is 0 Å². The van der Waals surface area contributed by atoms with E-state index in [4.69, 9.17) is 11.6 Å². The number of nitrogens with one attached hydrogen (secondary N) is 1. The minimum absolute atomic E-state index is 0.728. The van der Waals surface area contributed by atoms with Crippen molar-refractivity contribution in [3.8, 4) is 11.4 Å². The van der Waals surface area contributed by atoms with E-state index in [0.717, 1.165) is 42.0 Å². The highest BCUT2D eigenvalue weighted by molar-refractivity contribution is 6.30. The fourth-order valence-electron chi connectivity index (χ4n) is 3.19. The van der Waals surface area contributed by atoms with Crippen LogP contribution in [0.15, 0.2) is 36.7 Å². The molecule has 3 rings (SSSR count). The number of aromatic nitrogens is 2. The highest BCUT2D eigenvalue weighted by Gasteiger charge is 2.19. The Labute approximate surface area is 142 Å². The SMILES string of the molecule is CNC[C@@H]1CCCN(Cc2cnc(-c3ccc(Cl)cc3)nc2)C1. The molecule has 0 aliphatic carbocycles. The van der Waals surface area contributed by atoms with Crippen molar-refractivity contribution in [1.29, 1.82) is 0 Å². The van der Waals surface area contributed by atoms with Gasteiger partial charge in [-0.05, 0) is 63.2 Å².